The lowest BCUT2D eigenvalue weighted by Crippen LogP contribution is -2.43. The van der Waals surface area contributed by atoms with Crippen LogP contribution in [0.5, 0.6) is 0 Å². The van der Waals surface area contributed by atoms with Crippen LogP contribution in [0.15, 0.2) is 18.3 Å². The summed E-state index contributed by atoms with van der Waals surface area (Å²) in [6, 6.07) is 3.60. The molecule has 1 fully saturated rings. The van der Waals surface area contributed by atoms with E-state index in [2.05, 4.69) is 15.2 Å². The second-order valence-corrected chi connectivity index (χ2v) is 5.09. The van der Waals surface area contributed by atoms with Gasteiger partial charge in [-0.2, -0.15) is 0 Å². The Bertz CT molecular complexity index is 479. The summed E-state index contributed by atoms with van der Waals surface area (Å²) in [4.78, 5) is 28.2. The molecule has 6 heteroatoms. The van der Waals surface area contributed by atoms with Crippen molar-refractivity contribution in [1.29, 1.82) is 0 Å². The zero-order valence-corrected chi connectivity index (χ0v) is 11.5. The monoisotopic (exact) mass is 277 g/mol. The molecule has 0 bridgehead atoms. The van der Waals surface area contributed by atoms with Crippen LogP contribution in [0.25, 0.3) is 0 Å². The van der Waals surface area contributed by atoms with Crippen molar-refractivity contribution in [2.75, 3.05) is 13.1 Å². The average Bonchev–Trinajstić information content (AvgIpc) is 2.41. The second kappa shape index (κ2) is 6.47. The summed E-state index contributed by atoms with van der Waals surface area (Å²) in [6.45, 7) is 4.08. The highest BCUT2D eigenvalue weighted by Crippen LogP contribution is 2.13. The second-order valence-electron chi connectivity index (χ2n) is 5.09. The largest absolute Gasteiger partial charge is 0.478 e. The Morgan fingerprint density at radius 3 is 2.60 bits per heavy atom. The average molecular weight is 277 g/mol. The molecule has 0 spiro atoms. The van der Waals surface area contributed by atoms with E-state index in [9.17, 15) is 9.59 Å². The fourth-order valence-corrected chi connectivity index (χ4v) is 2.40. The van der Waals surface area contributed by atoms with Crippen LogP contribution in [-0.4, -0.2) is 46.0 Å². The van der Waals surface area contributed by atoms with E-state index in [1.807, 2.05) is 0 Å². The van der Waals surface area contributed by atoms with Crippen molar-refractivity contribution < 1.29 is 14.7 Å². The predicted molar refractivity (Wildman–Crippen MR) is 73.3 cm³/mol. The van der Waals surface area contributed by atoms with Gasteiger partial charge in [0.2, 0.25) is 5.91 Å². The van der Waals surface area contributed by atoms with Crippen molar-refractivity contribution in [3.05, 3.63) is 29.6 Å². The minimum atomic E-state index is -0.958. The molecule has 108 valence electrons. The van der Waals surface area contributed by atoms with Crippen LogP contribution in [0, 0.1) is 0 Å². The molecule has 0 aliphatic carbocycles. The van der Waals surface area contributed by atoms with E-state index in [0.717, 1.165) is 31.6 Å². The molecule has 20 heavy (non-hydrogen) atoms. The fourth-order valence-electron chi connectivity index (χ4n) is 2.40. The van der Waals surface area contributed by atoms with Crippen LogP contribution in [0.2, 0.25) is 0 Å². The van der Waals surface area contributed by atoms with Crippen molar-refractivity contribution in [3.8, 4) is 0 Å². The van der Waals surface area contributed by atoms with E-state index in [0.29, 0.717) is 6.54 Å². The molecule has 0 atom stereocenters. The summed E-state index contributed by atoms with van der Waals surface area (Å²) in [7, 11) is 0. The number of pyridine rings is 1. The Balaban J connectivity index is 1.83. The highest BCUT2D eigenvalue weighted by atomic mass is 16.4. The quantitative estimate of drug-likeness (QED) is 0.853. The lowest BCUT2D eigenvalue weighted by atomic mass is 10.0. The Kier molecular flexibility index (Phi) is 4.68. The third kappa shape index (κ3) is 4.03. The molecule has 1 aliphatic heterocycles. The predicted octanol–water partition coefficient (Wildman–Crippen LogP) is 0.880. The van der Waals surface area contributed by atoms with Gasteiger partial charge in [-0.3, -0.25) is 14.7 Å². The number of likely N-dealkylation sites (tertiary alicyclic amines) is 1. The summed E-state index contributed by atoms with van der Waals surface area (Å²) in [5.74, 6) is -0.936. The maximum absolute atomic E-state index is 11.0. The molecule has 0 radical (unpaired) electrons. The van der Waals surface area contributed by atoms with Crippen molar-refractivity contribution in [2.24, 2.45) is 0 Å². The van der Waals surface area contributed by atoms with E-state index >= 15 is 0 Å². The van der Waals surface area contributed by atoms with Crippen LogP contribution in [0.4, 0.5) is 0 Å². The Morgan fingerprint density at radius 2 is 2.10 bits per heavy atom. The normalized spacial score (nSPS) is 16.9. The van der Waals surface area contributed by atoms with E-state index in [1.54, 1.807) is 19.1 Å². The van der Waals surface area contributed by atoms with Crippen LogP contribution in [0.1, 0.15) is 35.8 Å². The van der Waals surface area contributed by atoms with Crippen LogP contribution < -0.4 is 5.32 Å². The first-order valence-corrected chi connectivity index (χ1v) is 6.72. The lowest BCUT2D eigenvalue weighted by molar-refractivity contribution is -0.120. The maximum atomic E-state index is 11.0. The number of rotatable bonds is 4. The molecule has 0 unspecified atom stereocenters. The molecule has 0 saturated carbocycles. The van der Waals surface area contributed by atoms with Crippen LogP contribution >= 0.6 is 0 Å². The SMILES string of the molecule is CC(=O)NC1CCN(Cc2ccc(C(=O)O)cn2)CC1. The topological polar surface area (TPSA) is 82.5 Å². The summed E-state index contributed by atoms with van der Waals surface area (Å²) >= 11 is 0. The third-order valence-electron chi connectivity index (χ3n) is 3.45. The first kappa shape index (κ1) is 14.5. The van der Waals surface area contributed by atoms with Gasteiger partial charge in [-0.05, 0) is 25.0 Å². The molecule has 2 heterocycles. The van der Waals surface area contributed by atoms with Gasteiger partial charge in [-0.1, -0.05) is 0 Å². The molecule has 2 N–H and O–H groups in total. The number of hydrogen-bond acceptors (Lipinski definition) is 4. The third-order valence-corrected chi connectivity index (χ3v) is 3.45. The van der Waals surface area contributed by atoms with Crippen molar-refractivity contribution >= 4 is 11.9 Å². The number of nitrogens with one attached hydrogen (secondary N) is 1. The summed E-state index contributed by atoms with van der Waals surface area (Å²) < 4.78 is 0. The number of aromatic nitrogens is 1. The zero-order chi connectivity index (χ0) is 14.5. The Labute approximate surface area is 117 Å². The number of amides is 1. The van der Waals surface area contributed by atoms with Crippen LogP contribution in [0.3, 0.4) is 0 Å². The highest BCUT2D eigenvalue weighted by molar-refractivity contribution is 5.87. The highest BCUT2D eigenvalue weighted by Gasteiger charge is 2.19. The van der Waals surface area contributed by atoms with E-state index in [1.165, 1.54) is 6.20 Å². The zero-order valence-electron chi connectivity index (χ0n) is 11.5. The molecule has 6 nitrogen and oxygen atoms in total. The smallest absolute Gasteiger partial charge is 0.337 e. The molecule has 1 saturated heterocycles. The first-order chi connectivity index (χ1) is 9.54. The number of carbonyl (C=O) groups is 2. The van der Waals surface area contributed by atoms with Gasteiger partial charge in [-0.25, -0.2) is 4.79 Å². The molecule has 1 aromatic heterocycles. The van der Waals surface area contributed by atoms with Crippen molar-refractivity contribution in [3.63, 3.8) is 0 Å². The Morgan fingerprint density at radius 1 is 1.40 bits per heavy atom. The lowest BCUT2D eigenvalue weighted by Gasteiger charge is -2.31. The molecule has 1 aromatic rings. The van der Waals surface area contributed by atoms with Gasteiger partial charge in [0.05, 0.1) is 11.3 Å². The fraction of sp³-hybridized carbons (Fsp3) is 0.500. The number of hydrogen-bond donors (Lipinski definition) is 2. The number of carboxylic acid groups (broad SMARTS) is 1. The van der Waals surface area contributed by atoms with Gasteiger partial charge in [0.1, 0.15) is 0 Å². The van der Waals surface area contributed by atoms with Gasteiger partial charge in [0, 0.05) is 38.8 Å². The molecule has 1 aliphatic rings. The molecular weight excluding hydrogens is 258 g/mol. The number of carboxylic acids is 1. The van der Waals surface area contributed by atoms with Crippen molar-refractivity contribution in [2.45, 2.75) is 32.4 Å². The van der Waals surface area contributed by atoms with E-state index in [-0.39, 0.29) is 17.5 Å². The molecular formula is C14H19N3O3. The minimum Gasteiger partial charge on any atom is -0.478 e. The number of aromatic carboxylic acids is 1. The summed E-state index contributed by atoms with van der Waals surface area (Å²) in [5.41, 5.74) is 1.08. The molecule has 2 rings (SSSR count). The number of piperidine rings is 1. The van der Waals surface area contributed by atoms with Gasteiger partial charge in [0.25, 0.3) is 0 Å². The van der Waals surface area contributed by atoms with Gasteiger partial charge in [0.15, 0.2) is 0 Å². The number of nitrogens with zero attached hydrogens (tertiary/aromatic N) is 2. The van der Waals surface area contributed by atoms with E-state index in [4.69, 9.17) is 5.11 Å². The summed E-state index contributed by atoms with van der Waals surface area (Å²) in [6.07, 6.45) is 3.27. The first-order valence-electron chi connectivity index (χ1n) is 6.72. The molecule has 0 aromatic carbocycles. The van der Waals surface area contributed by atoms with E-state index < -0.39 is 5.97 Å². The van der Waals surface area contributed by atoms with Crippen molar-refractivity contribution in [1.82, 2.24) is 15.2 Å². The maximum Gasteiger partial charge on any atom is 0.337 e. The Hall–Kier alpha value is -1.95. The minimum absolute atomic E-state index is 0.0226. The number of carbonyl (C=O) groups excluding carboxylic acids is 1. The van der Waals surface area contributed by atoms with Gasteiger partial charge in [-0.15, -0.1) is 0 Å². The van der Waals surface area contributed by atoms with Gasteiger partial charge >= 0.3 is 5.97 Å². The standard InChI is InChI=1S/C14H19N3O3/c1-10(18)16-12-4-6-17(7-5-12)9-13-3-2-11(8-15-13)14(19)20/h2-3,8,12H,4-7,9H2,1H3,(H,16,18)(H,19,20). The van der Waals surface area contributed by atoms with Gasteiger partial charge < -0.3 is 10.4 Å². The van der Waals surface area contributed by atoms with Crippen LogP contribution in [-0.2, 0) is 11.3 Å². The summed E-state index contributed by atoms with van der Waals surface area (Å²) in [5, 5.41) is 11.8. The molecule has 1 amide bonds.